The summed E-state index contributed by atoms with van der Waals surface area (Å²) in [5.41, 5.74) is 5.15. The number of imidazole rings is 1. The number of aldehydes is 1. The molecule has 1 fully saturated rings. The number of hydrogen-bond donors (Lipinski definition) is 2. The molecule has 1 saturated carbocycles. The Kier molecular flexibility index (Phi) is 9.63. The first kappa shape index (κ1) is 32.7. The number of nitrogens with zero attached hydrogens (tertiary/aromatic N) is 4. The number of fused-ring (bicyclic) bond motifs is 1. The van der Waals surface area contributed by atoms with E-state index in [1.165, 1.54) is 7.11 Å². The maximum Gasteiger partial charge on any atom is 0.306 e. The van der Waals surface area contributed by atoms with Crippen LogP contribution in [0.25, 0.3) is 22.4 Å². The average Bonchev–Trinajstić information content (AvgIpc) is 3.41. The van der Waals surface area contributed by atoms with Crippen molar-refractivity contribution in [3.8, 4) is 28.1 Å². The molecule has 1 amide bonds. The molecule has 3 heterocycles. The number of benzene rings is 2. The van der Waals surface area contributed by atoms with E-state index in [9.17, 15) is 19.5 Å². The van der Waals surface area contributed by atoms with E-state index in [4.69, 9.17) is 32.9 Å². The second-order valence-electron chi connectivity index (χ2n) is 12.1. The number of aliphatic carboxylic acids is 1. The Labute approximate surface area is 282 Å². The van der Waals surface area contributed by atoms with Crippen molar-refractivity contribution in [3.63, 3.8) is 0 Å². The second kappa shape index (κ2) is 13.9. The van der Waals surface area contributed by atoms with Crippen LogP contribution in [0.15, 0.2) is 48.7 Å². The zero-order chi connectivity index (χ0) is 33.2. The predicted molar refractivity (Wildman–Crippen MR) is 180 cm³/mol. The summed E-state index contributed by atoms with van der Waals surface area (Å²) in [5, 5.41) is 12.9. The number of aromatic nitrogens is 3. The summed E-state index contributed by atoms with van der Waals surface area (Å²) in [6.45, 7) is 2.42. The van der Waals surface area contributed by atoms with Crippen LogP contribution in [0.3, 0.4) is 0 Å². The van der Waals surface area contributed by atoms with E-state index in [0.29, 0.717) is 67.7 Å². The summed E-state index contributed by atoms with van der Waals surface area (Å²) in [4.78, 5) is 47.8. The quantitative estimate of drug-likeness (QED) is 0.186. The molecule has 0 radical (unpaired) electrons. The van der Waals surface area contributed by atoms with Gasteiger partial charge in [0, 0.05) is 61.7 Å². The highest BCUT2D eigenvalue weighted by molar-refractivity contribution is 6.39. The zero-order valence-corrected chi connectivity index (χ0v) is 27.6. The van der Waals surface area contributed by atoms with Crippen LogP contribution in [0.4, 0.5) is 5.69 Å². The molecule has 10 nitrogen and oxygen atoms in total. The molecule has 1 aliphatic heterocycles. The fraction of sp³-hybridized carbons (Fsp3) is 0.343. The van der Waals surface area contributed by atoms with Crippen molar-refractivity contribution in [2.75, 3.05) is 25.5 Å². The first-order valence-electron chi connectivity index (χ1n) is 15.6. The first-order valence-corrected chi connectivity index (χ1v) is 16.3. The summed E-state index contributed by atoms with van der Waals surface area (Å²) in [6.07, 6.45) is 6.44. The summed E-state index contributed by atoms with van der Waals surface area (Å²) in [7, 11) is 3.35. The van der Waals surface area contributed by atoms with Gasteiger partial charge in [-0.15, -0.1) is 0 Å². The Balaban J connectivity index is 1.19. The number of carboxylic acid groups (broad SMARTS) is 1. The number of carbonyl (C=O) groups is 3. The topological polar surface area (TPSA) is 127 Å². The van der Waals surface area contributed by atoms with Crippen molar-refractivity contribution >= 4 is 47.1 Å². The van der Waals surface area contributed by atoms with Gasteiger partial charge in [-0.1, -0.05) is 41.4 Å². The molecule has 2 aliphatic rings. The van der Waals surface area contributed by atoms with Gasteiger partial charge in [0.1, 0.15) is 5.75 Å². The van der Waals surface area contributed by atoms with E-state index >= 15 is 0 Å². The molecule has 1 aliphatic carbocycles. The Hall–Kier alpha value is -4.25. The van der Waals surface area contributed by atoms with Gasteiger partial charge in [-0.3, -0.25) is 24.3 Å². The van der Waals surface area contributed by atoms with E-state index in [-0.39, 0.29) is 11.8 Å². The maximum absolute atomic E-state index is 13.6. The number of amides is 1. The van der Waals surface area contributed by atoms with E-state index in [1.54, 1.807) is 42.6 Å². The molecular weight excluding hydrogens is 641 g/mol. The van der Waals surface area contributed by atoms with Crippen molar-refractivity contribution in [1.82, 2.24) is 19.4 Å². The molecule has 0 bridgehead atoms. The largest absolute Gasteiger partial charge is 0.496 e. The number of pyridine rings is 1. The highest BCUT2D eigenvalue weighted by Gasteiger charge is 2.30. The maximum atomic E-state index is 13.6. The van der Waals surface area contributed by atoms with Crippen molar-refractivity contribution in [1.29, 1.82) is 0 Å². The third-order valence-corrected chi connectivity index (χ3v) is 10.1. The molecule has 0 saturated heterocycles. The van der Waals surface area contributed by atoms with Crippen molar-refractivity contribution < 1.29 is 24.2 Å². The van der Waals surface area contributed by atoms with Crippen molar-refractivity contribution in [3.05, 3.63) is 81.5 Å². The minimum atomic E-state index is -0.686. The smallest absolute Gasteiger partial charge is 0.306 e. The van der Waals surface area contributed by atoms with Gasteiger partial charge in [-0.2, -0.15) is 0 Å². The number of halogens is 2. The molecule has 47 heavy (non-hydrogen) atoms. The van der Waals surface area contributed by atoms with Crippen LogP contribution in [0.2, 0.25) is 10.0 Å². The number of carboxylic acids is 1. The van der Waals surface area contributed by atoms with Crippen molar-refractivity contribution in [2.24, 2.45) is 18.9 Å². The molecule has 2 aromatic carbocycles. The van der Waals surface area contributed by atoms with Crippen LogP contribution < -0.4 is 10.1 Å². The highest BCUT2D eigenvalue weighted by atomic mass is 35.5. The Morgan fingerprint density at radius 3 is 2.57 bits per heavy atom. The van der Waals surface area contributed by atoms with Crippen LogP contribution in [-0.4, -0.2) is 62.9 Å². The number of nitrogens with one attached hydrogen (secondary N) is 1. The van der Waals surface area contributed by atoms with Crippen LogP contribution >= 0.6 is 23.2 Å². The van der Waals surface area contributed by atoms with Gasteiger partial charge in [0.2, 0.25) is 0 Å². The molecule has 4 aromatic rings. The number of carbonyl (C=O) groups excluding carboxylic acids is 2. The van der Waals surface area contributed by atoms with E-state index in [1.807, 2.05) is 17.7 Å². The minimum Gasteiger partial charge on any atom is -0.496 e. The summed E-state index contributed by atoms with van der Waals surface area (Å²) >= 11 is 13.8. The third-order valence-electron chi connectivity index (χ3n) is 9.31. The Morgan fingerprint density at radius 1 is 1.09 bits per heavy atom. The molecule has 2 N–H and O–H groups in total. The molecule has 6 rings (SSSR count). The van der Waals surface area contributed by atoms with Gasteiger partial charge in [-0.25, -0.2) is 4.98 Å². The minimum absolute atomic E-state index is 0.220. The van der Waals surface area contributed by atoms with Crippen molar-refractivity contribution in [2.45, 2.75) is 38.6 Å². The lowest BCUT2D eigenvalue weighted by atomic mass is 9.81. The highest BCUT2D eigenvalue weighted by Crippen LogP contribution is 2.41. The number of ether oxygens (including phenoxy) is 1. The summed E-state index contributed by atoms with van der Waals surface area (Å²) in [5.74, 6) is -0.0902. The normalized spacial score (nSPS) is 18.0. The summed E-state index contributed by atoms with van der Waals surface area (Å²) in [6, 6.07) is 12.2. The van der Waals surface area contributed by atoms with Gasteiger partial charge in [0.25, 0.3) is 5.91 Å². The molecule has 0 spiro atoms. The Bertz CT molecular complexity index is 1850. The van der Waals surface area contributed by atoms with Gasteiger partial charge in [0.05, 0.1) is 45.7 Å². The second-order valence-corrected chi connectivity index (χ2v) is 12.9. The predicted octanol–water partition coefficient (Wildman–Crippen LogP) is 6.78. The van der Waals surface area contributed by atoms with E-state index in [0.717, 1.165) is 62.9 Å². The number of anilines is 1. The van der Waals surface area contributed by atoms with E-state index in [2.05, 4.69) is 15.2 Å². The molecular formula is C35H35Cl2N5O5. The molecule has 2 aromatic heterocycles. The number of rotatable bonds is 9. The van der Waals surface area contributed by atoms with Crippen LogP contribution in [-0.2, 0) is 24.8 Å². The Morgan fingerprint density at radius 2 is 1.85 bits per heavy atom. The van der Waals surface area contributed by atoms with Crippen LogP contribution in [0.1, 0.15) is 58.0 Å². The lowest BCUT2D eigenvalue weighted by molar-refractivity contribution is -0.143. The molecule has 0 atom stereocenters. The molecule has 244 valence electrons. The van der Waals surface area contributed by atoms with Gasteiger partial charge in [0.15, 0.2) is 12.1 Å². The fourth-order valence-corrected chi connectivity index (χ4v) is 7.32. The standard InChI is InChI=1S/C35H35Cl2N5O5/c1-41-28-13-15-42(17-20-6-8-21(9-7-20)35(45)46)18-27(28)39-33(41)34(44)40-26-5-3-4-24(30(26)36)25-12-14-38-32(31(25)37)22-10-11-23(19-43)29(16-22)47-2/h3-5,10-12,14,16,19-21H,6-9,13,15,17-18H2,1-2H3,(H,40,44)(H,45,46)/t20-,21-. The van der Waals surface area contributed by atoms with Gasteiger partial charge >= 0.3 is 5.97 Å². The molecule has 0 unspecified atom stereocenters. The number of hydrogen-bond acceptors (Lipinski definition) is 7. The van der Waals surface area contributed by atoms with Gasteiger partial charge < -0.3 is 19.7 Å². The fourth-order valence-electron chi connectivity index (χ4n) is 6.72. The number of methoxy groups -OCH3 is 1. The van der Waals surface area contributed by atoms with Crippen LogP contribution in [0, 0.1) is 11.8 Å². The van der Waals surface area contributed by atoms with E-state index < -0.39 is 5.97 Å². The SMILES string of the molecule is COc1cc(-c2nccc(-c3cccc(NC(=O)c4nc5c(n4C)CCN(C[C@H]4CC[C@H](C(=O)O)CC4)C5)c3Cl)c2Cl)ccc1C=O. The summed E-state index contributed by atoms with van der Waals surface area (Å²) < 4.78 is 7.21. The monoisotopic (exact) mass is 675 g/mol. The lowest BCUT2D eigenvalue weighted by Crippen LogP contribution is -2.36. The molecule has 12 heteroatoms. The third kappa shape index (κ3) is 6.63. The average molecular weight is 677 g/mol. The first-order chi connectivity index (χ1) is 22.7. The van der Waals surface area contributed by atoms with Gasteiger partial charge in [-0.05, 0) is 55.9 Å². The van der Waals surface area contributed by atoms with Crippen LogP contribution in [0.5, 0.6) is 5.75 Å². The lowest BCUT2D eigenvalue weighted by Gasteiger charge is -2.33. The zero-order valence-electron chi connectivity index (χ0n) is 26.1.